The highest BCUT2D eigenvalue weighted by Gasteiger charge is 2.57. The minimum absolute atomic E-state index is 0.0242. The number of nitrogens with zero attached hydrogens (tertiary/aromatic N) is 3. The second-order valence-corrected chi connectivity index (χ2v) is 26.3. The van der Waals surface area contributed by atoms with E-state index in [1.807, 2.05) is 86.6 Å². The van der Waals surface area contributed by atoms with E-state index in [4.69, 9.17) is 52.4 Å². The molecule has 0 radical (unpaired) electrons. The number of hydrogen-bond donors (Lipinski definition) is 3. The summed E-state index contributed by atoms with van der Waals surface area (Å²) in [7, 11) is 0.978. The van der Waals surface area contributed by atoms with E-state index in [0.717, 1.165) is 73.2 Å². The third-order valence-electron chi connectivity index (χ3n) is 17.7. The number of rotatable bonds is 21. The molecule has 3 N–H and O–H groups in total. The summed E-state index contributed by atoms with van der Waals surface area (Å²) < 4.78 is 59.2. The third-order valence-corrected chi connectivity index (χ3v) is 17.7. The number of benzene rings is 4. The highest BCUT2D eigenvalue weighted by Crippen LogP contribution is 2.46. The van der Waals surface area contributed by atoms with Crippen LogP contribution in [0.25, 0.3) is 33.4 Å². The Labute approximate surface area is 575 Å². The number of esters is 6. The van der Waals surface area contributed by atoms with Crippen molar-refractivity contribution in [2.24, 2.45) is 5.92 Å². The zero-order valence-corrected chi connectivity index (χ0v) is 57.7. The van der Waals surface area contributed by atoms with Crippen LogP contribution in [0.1, 0.15) is 139 Å². The van der Waals surface area contributed by atoms with E-state index >= 15 is 9.59 Å². The summed E-state index contributed by atoms with van der Waals surface area (Å²) in [5.41, 5.74) is 2.26. The van der Waals surface area contributed by atoms with Crippen LogP contribution in [-0.2, 0) is 101 Å². The van der Waals surface area contributed by atoms with E-state index in [2.05, 4.69) is 16.0 Å². The predicted molar refractivity (Wildman–Crippen MR) is 357 cm³/mol. The van der Waals surface area contributed by atoms with Crippen molar-refractivity contribution < 1.29 is 95.3 Å². The van der Waals surface area contributed by atoms with Crippen molar-refractivity contribution in [1.29, 1.82) is 0 Å². The van der Waals surface area contributed by atoms with Gasteiger partial charge in [0.05, 0.1) is 36.1 Å². The van der Waals surface area contributed by atoms with Gasteiger partial charge in [-0.15, -0.1) is 0 Å². The average molecular weight is 1380 g/mol. The van der Waals surface area contributed by atoms with Crippen molar-refractivity contribution in [3.05, 3.63) is 146 Å². The molecule has 3 aliphatic heterocycles. The van der Waals surface area contributed by atoms with Crippen molar-refractivity contribution in [2.45, 2.75) is 175 Å². The Kier molecular flexibility index (Phi) is 21.2. The summed E-state index contributed by atoms with van der Waals surface area (Å²) in [5.74, 6) is -9.59. The van der Waals surface area contributed by atoms with Crippen molar-refractivity contribution in [1.82, 2.24) is 25.1 Å². The van der Waals surface area contributed by atoms with Crippen LogP contribution in [-0.4, -0.2) is 149 Å². The molecule has 0 saturated carbocycles. The fourth-order valence-electron chi connectivity index (χ4n) is 13.0. The number of aromatic nitrogens is 2. The van der Waals surface area contributed by atoms with Gasteiger partial charge in [-0.1, -0.05) is 87.5 Å². The maximum Gasteiger partial charge on any atom is 0.410 e. The highest BCUT2D eigenvalue weighted by molar-refractivity contribution is 6.00. The Morgan fingerprint density at radius 3 is 2.01 bits per heavy atom. The molecule has 10 rings (SSSR count). The van der Waals surface area contributed by atoms with Crippen LogP contribution in [0.2, 0.25) is 0 Å². The summed E-state index contributed by atoms with van der Waals surface area (Å²) in [4.78, 5) is 159. The molecule has 8 atom stereocenters. The van der Waals surface area contributed by atoms with Gasteiger partial charge in [0.25, 0.3) is 5.56 Å². The fraction of sp³-hybridized carbons (Fsp3) is 0.425. The second-order valence-electron chi connectivity index (χ2n) is 26.3. The molecule has 27 heteroatoms. The lowest BCUT2D eigenvalue weighted by atomic mass is 9.85. The van der Waals surface area contributed by atoms with Crippen LogP contribution in [0, 0.1) is 5.92 Å². The van der Waals surface area contributed by atoms with Crippen LogP contribution >= 0.6 is 0 Å². The third kappa shape index (κ3) is 14.8. The summed E-state index contributed by atoms with van der Waals surface area (Å²) >= 11 is 0. The topological polar surface area (TPSA) is 337 Å². The van der Waals surface area contributed by atoms with Crippen LogP contribution in [0.15, 0.2) is 102 Å². The smallest absolute Gasteiger partial charge is 0.410 e. The molecular formula is C73H80N6O21. The Morgan fingerprint density at radius 2 is 1.39 bits per heavy atom. The summed E-state index contributed by atoms with van der Waals surface area (Å²) in [6, 6.07) is 25.2. The number of carbonyl (C=O) groups excluding carboxylic acids is 10. The number of ether oxygens (including phenoxy) is 10. The Hall–Kier alpha value is -10.7. The number of cyclic esters (lactones) is 1. The molecule has 2 aromatic heterocycles. The lowest BCUT2D eigenvalue weighted by Crippen LogP contribution is -2.64. The highest BCUT2D eigenvalue weighted by atomic mass is 16.7. The first-order chi connectivity index (χ1) is 47.4. The SMILES string of the molecule is CC[C@@]1(OC(=O)c2ccc(NC(=O)[C@H](C)NC(=O)[C@@H](NC(=O)OCC3c4ccccc4-c4ccccc43)C(C)C)cc2O[C@@H]2O[C@H](C(=O)OC)[C@@H](OC(C)=O)[C@H](OC(C)=O)[C@H]2OC(C)=O)C(=O)OCc2c1cc1n(c2=O)Cc2c-1nc1ccccc1c2CCN(C(=O)OC(C)(C)C)C(C)C. The molecule has 4 aliphatic rings. The van der Waals surface area contributed by atoms with E-state index in [1.54, 1.807) is 45.6 Å². The van der Waals surface area contributed by atoms with Gasteiger partial charge in [0.2, 0.25) is 29.8 Å². The van der Waals surface area contributed by atoms with Gasteiger partial charge in [-0.25, -0.2) is 29.0 Å². The van der Waals surface area contributed by atoms with Gasteiger partial charge < -0.3 is 72.8 Å². The molecule has 27 nitrogen and oxygen atoms in total. The van der Waals surface area contributed by atoms with Crippen molar-refractivity contribution in [3.8, 4) is 28.3 Å². The van der Waals surface area contributed by atoms with E-state index in [0.29, 0.717) is 23.2 Å². The molecule has 5 heterocycles. The van der Waals surface area contributed by atoms with E-state index in [1.165, 1.54) is 24.5 Å². The maximum absolute atomic E-state index is 15.4. The van der Waals surface area contributed by atoms with Gasteiger partial charge in [-0.2, -0.15) is 0 Å². The molecule has 0 bridgehead atoms. The molecule has 0 spiro atoms. The normalized spacial score (nSPS) is 19.4. The number of anilines is 1. The number of pyridine rings is 2. The molecule has 1 saturated heterocycles. The van der Waals surface area contributed by atoms with Crippen LogP contribution < -0.4 is 26.2 Å². The molecule has 1 fully saturated rings. The fourth-order valence-corrected chi connectivity index (χ4v) is 13.0. The predicted octanol–water partition coefficient (Wildman–Crippen LogP) is 8.21. The van der Waals surface area contributed by atoms with Crippen LogP contribution in [0.5, 0.6) is 5.75 Å². The first kappa shape index (κ1) is 72.1. The number of fused-ring (bicyclic) bond motifs is 8. The Morgan fingerprint density at radius 1 is 0.760 bits per heavy atom. The number of alkyl carbamates (subject to hydrolysis) is 1. The van der Waals surface area contributed by atoms with Gasteiger partial charge >= 0.3 is 48.0 Å². The van der Waals surface area contributed by atoms with Crippen LogP contribution in [0.3, 0.4) is 0 Å². The van der Waals surface area contributed by atoms with Crippen molar-refractivity contribution in [2.75, 3.05) is 25.6 Å². The lowest BCUT2D eigenvalue weighted by Gasteiger charge is -2.43. The Balaban J connectivity index is 0.974. The van der Waals surface area contributed by atoms with E-state index in [9.17, 15) is 43.2 Å². The molecule has 1 aliphatic carbocycles. The van der Waals surface area contributed by atoms with Gasteiger partial charge in [0.1, 0.15) is 42.2 Å². The molecule has 6 aromatic rings. The molecule has 4 amide bonds. The van der Waals surface area contributed by atoms with Gasteiger partial charge in [-0.3, -0.25) is 28.8 Å². The molecular weight excluding hydrogens is 1300 g/mol. The summed E-state index contributed by atoms with van der Waals surface area (Å²) in [6.45, 7) is 18.0. The standard InChI is InChI=1S/C73H80N6O21/c1-14-73(53-32-55-58-50(33-79(55)65(85)52(53)35-92-69(73)88)47(48-25-19-20-26-54(48)76-58)29-30-78(37(4)5)71(90)100-72(10,11)12)99-66(86)49-28-27-42(31-56(49)97-68-62(96-41(9)82)60(95-40(8)81)59(94-39(7)80)61(98-68)67(87)91-13)75-63(83)38(6)74-64(84)57(36(2)3)77-70(89)93-34-51-45-23-17-15-21-43(45)44-22-16-18-24-46(44)51/h15-28,31-32,36-38,51,57,59-62,68H,14,29-30,33-35H2,1-13H3,(H,74,84)(H,75,83)(H,77,89)/t38-,57-,59-,60-,61-,62+,68+,73-/m0/s1. The quantitative estimate of drug-likeness (QED) is 0.0450. The van der Waals surface area contributed by atoms with Crippen LogP contribution in [0.4, 0.5) is 15.3 Å². The molecule has 528 valence electrons. The lowest BCUT2D eigenvalue weighted by molar-refractivity contribution is -0.282. The molecule has 0 unspecified atom stereocenters. The minimum atomic E-state index is -2.38. The second kappa shape index (κ2) is 29.4. The minimum Gasteiger partial charge on any atom is -0.467 e. The number of amides is 4. The zero-order chi connectivity index (χ0) is 72.4. The summed E-state index contributed by atoms with van der Waals surface area (Å²) in [5, 5.41) is 8.69. The molecule has 4 aromatic carbocycles. The molecule has 100 heavy (non-hydrogen) atoms. The summed E-state index contributed by atoms with van der Waals surface area (Å²) in [6.07, 6.45) is -11.1. The number of methoxy groups -OCH3 is 1. The number of carbonyl (C=O) groups is 10. The number of nitrogens with one attached hydrogen (secondary N) is 3. The van der Waals surface area contributed by atoms with Gasteiger partial charge in [-0.05, 0) is 112 Å². The Bertz CT molecular complexity index is 4280. The number of hydrogen-bond acceptors (Lipinski definition) is 22. The van der Waals surface area contributed by atoms with Crippen molar-refractivity contribution in [3.63, 3.8) is 0 Å². The zero-order valence-electron chi connectivity index (χ0n) is 57.7. The first-order valence-corrected chi connectivity index (χ1v) is 32.8. The van der Waals surface area contributed by atoms with E-state index < -0.39 is 143 Å². The largest absolute Gasteiger partial charge is 0.467 e. The van der Waals surface area contributed by atoms with Gasteiger partial charge in [0.15, 0.2) is 18.3 Å². The van der Waals surface area contributed by atoms with E-state index in [-0.39, 0.29) is 60.6 Å². The first-order valence-electron chi connectivity index (χ1n) is 32.8. The maximum atomic E-state index is 15.4. The number of para-hydroxylation sites is 1. The van der Waals surface area contributed by atoms with Crippen molar-refractivity contribution >= 4 is 76.4 Å². The van der Waals surface area contributed by atoms with Gasteiger partial charge in [0, 0.05) is 67.5 Å². The average Bonchev–Trinajstić information content (AvgIpc) is 1.48. The monoisotopic (exact) mass is 1380 g/mol.